The number of nitro benzene ring substituents is 1. The number of carbonyl (C=O) groups excluding carboxylic acids is 2. The molecule has 1 unspecified atom stereocenters. The first-order chi connectivity index (χ1) is 14.2. The summed E-state index contributed by atoms with van der Waals surface area (Å²) in [4.78, 5) is 35.6. The van der Waals surface area contributed by atoms with Crippen LogP contribution in [0.2, 0.25) is 0 Å². The highest BCUT2D eigenvalue weighted by Gasteiger charge is 2.26. The van der Waals surface area contributed by atoms with Crippen molar-refractivity contribution in [1.82, 2.24) is 10.5 Å². The Kier molecular flexibility index (Phi) is 8.40. The number of ether oxygens (including phenoxy) is 1. The zero-order valence-electron chi connectivity index (χ0n) is 17.3. The van der Waals surface area contributed by atoms with Crippen molar-refractivity contribution in [3.63, 3.8) is 0 Å². The van der Waals surface area contributed by atoms with E-state index in [1.54, 1.807) is 26.8 Å². The molecule has 0 aliphatic rings. The Labute approximate surface area is 178 Å². The van der Waals surface area contributed by atoms with E-state index >= 15 is 0 Å². The van der Waals surface area contributed by atoms with Crippen molar-refractivity contribution in [2.24, 2.45) is 0 Å². The van der Waals surface area contributed by atoms with Gasteiger partial charge in [-0.05, 0) is 27.7 Å². The van der Waals surface area contributed by atoms with Gasteiger partial charge in [0.1, 0.15) is 5.76 Å². The number of nitrogens with zero attached hydrogens (tertiary/aromatic N) is 2. The largest absolute Gasteiger partial charge is 0.463 e. The Morgan fingerprint density at radius 2 is 2.00 bits per heavy atom. The minimum atomic E-state index is -0.870. The molecule has 0 radical (unpaired) electrons. The molecule has 9 nitrogen and oxygen atoms in total. The van der Waals surface area contributed by atoms with Crippen LogP contribution in [0.15, 0.2) is 28.8 Å². The Bertz CT molecular complexity index is 892. The number of esters is 1. The van der Waals surface area contributed by atoms with E-state index in [1.165, 1.54) is 30.0 Å². The maximum atomic E-state index is 12.5. The number of thioether (sulfide) groups is 1. The van der Waals surface area contributed by atoms with Gasteiger partial charge >= 0.3 is 5.97 Å². The van der Waals surface area contributed by atoms with E-state index in [1.807, 2.05) is 6.92 Å². The highest BCUT2D eigenvalue weighted by molar-refractivity contribution is 7.99. The molecule has 162 valence electrons. The van der Waals surface area contributed by atoms with Crippen LogP contribution in [0.1, 0.15) is 48.9 Å². The van der Waals surface area contributed by atoms with Crippen LogP contribution in [0.25, 0.3) is 0 Å². The first kappa shape index (κ1) is 23.4. The predicted octanol–water partition coefficient (Wildman–Crippen LogP) is 3.63. The lowest BCUT2D eigenvalue weighted by atomic mass is 10.0. The van der Waals surface area contributed by atoms with Gasteiger partial charge in [0.25, 0.3) is 5.69 Å². The normalized spacial score (nSPS) is 11.9. The van der Waals surface area contributed by atoms with Gasteiger partial charge in [-0.1, -0.05) is 23.4 Å². The van der Waals surface area contributed by atoms with Crippen molar-refractivity contribution in [2.75, 3.05) is 5.75 Å². The third-order valence-corrected chi connectivity index (χ3v) is 5.20. The number of rotatable bonds is 10. The van der Waals surface area contributed by atoms with Crippen molar-refractivity contribution in [3.05, 3.63) is 57.0 Å². The Hall–Kier alpha value is -2.88. The van der Waals surface area contributed by atoms with E-state index in [-0.39, 0.29) is 35.4 Å². The number of nitro groups is 1. The fraction of sp³-hybridized carbons (Fsp3) is 0.450. The molecule has 1 amide bonds. The molecular weight excluding hydrogens is 410 g/mol. The van der Waals surface area contributed by atoms with E-state index in [2.05, 4.69) is 10.5 Å². The molecule has 1 aromatic heterocycles. The first-order valence-electron chi connectivity index (χ1n) is 9.40. The minimum Gasteiger partial charge on any atom is -0.463 e. The second-order valence-electron chi connectivity index (χ2n) is 6.97. The maximum absolute atomic E-state index is 12.5. The van der Waals surface area contributed by atoms with Gasteiger partial charge < -0.3 is 14.6 Å². The van der Waals surface area contributed by atoms with Crippen LogP contribution < -0.4 is 5.32 Å². The number of aromatic nitrogens is 1. The lowest BCUT2D eigenvalue weighted by molar-refractivity contribution is -0.385. The van der Waals surface area contributed by atoms with Crippen LogP contribution in [0.5, 0.6) is 0 Å². The van der Waals surface area contributed by atoms with Crippen LogP contribution in [0, 0.1) is 24.0 Å². The highest BCUT2D eigenvalue weighted by atomic mass is 32.2. The van der Waals surface area contributed by atoms with Crippen LogP contribution in [0.4, 0.5) is 5.69 Å². The van der Waals surface area contributed by atoms with Gasteiger partial charge in [0.15, 0.2) is 0 Å². The fourth-order valence-corrected chi connectivity index (χ4v) is 3.84. The SMILES string of the molecule is Cc1noc(C)c1CSCC(=O)NC(CC(=O)OC(C)C)c1ccccc1[N+](=O)[O-]. The summed E-state index contributed by atoms with van der Waals surface area (Å²) in [5.41, 5.74) is 1.80. The number of hydrogen-bond donors (Lipinski definition) is 1. The van der Waals surface area contributed by atoms with E-state index in [9.17, 15) is 19.7 Å². The van der Waals surface area contributed by atoms with E-state index in [0.29, 0.717) is 11.5 Å². The van der Waals surface area contributed by atoms with Crippen LogP contribution >= 0.6 is 11.8 Å². The number of aryl methyl sites for hydroxylation is 2. The summed E-state index contributed by atoms with van der Waals surface area (Å²) in [6.45, 7) is 7.06. The molecular formula is C20H25N3O6S. The summed E-state index contributed by atoms with van der Waals surface area (Å²) in [6, 6.07) is 5.16. The molecule has 10 heteroatoms. The smallest absolute Gasteiger partial charge is 0.308 e. The molecule has 1 heterocycles. The third kappa shape index (κ3) is 6.58. The van der Waals surface area contributed by atoms with Crippen molar-refractivity contribution < 1.29 is 23.8 Å². The zero-order valence-corrected chi connectivity index (χ0v) is 18.2. The van der Waals surface area contributed by atoms with Gasteiger partial charge in [-0.3, -0.25) is 19.7 Å². The first-order valence-corrected chi connectivity index (χ1v) is 10.6. The molecule has 1 atom stereocenters. The quantitative estimate of drug-likeness (QED) is 0.341. The lowest BCUT2D eigenvalue weighted by Crippen LogP contribution is -2.32. The highest BCUT2D eigenvalue weighted by Crippen LogP contribution is 2.28. The molecule has 0 bridgehead atoms. The van der Waals surface area contributed by atoms with Gasteiger partial charge in [0.05, 0.1) is 40.5 Å². The number of benzene rings is 1. The van der Waals surface area contributed by atoms with Crippen molar-refractivity contribution in [1.29, 1.82) is 0 Å². The Balaban J connectivity index is 2.09. The summed E-state index contributed by atoms with van der Waals surface area (Å²) < 4.78 is 10.3. The molecule has 0 aliphatic heterocycles. The monoisotopic (exact) mass is 435 g/mol. The van der Waals surface area contributed by atoms with Crippen LogP contribution in [-0.4, -0.2) is 33.8 Å². The number of carbonyl (C=O) groups is 2. The Morgan fingerprint density at radius 1 is 1.30 bits per heavy atom. The standard InChI is InChI=1S/C20H25N3O6S/c1-12(2)28-20(25)9-17(15-7-5-6-8-18(15)23(26)27)21-19(24)11-30-10-16-13(3)22-29-14(16)4/h5-8,12,17H,9-11H2,1-4H3,(H,21,24). The maximum Gasteiger partial charge on any atom is 0.308 e. The molecule has 0 aliphatic carbocycles. The molecule has 1 N–H and O–H groups in total. The van der Waals surface area contributed by atoms with E-state index in [0.717, 1.165) is 11.3 Å². The topological polar surface area (TPSA) is 125 Å². The van der Waals surface area contributed by atoms with Crippen molar-refractivity contribution in [2.45, 2.75) is 52.0 Å². The summed E-state index contributed by atoms with van der Waals surface area (Å²) in [6.07, 6.45) is -0.534. The molecule has 0 saturated carbocycles. The number of hydrogen-bond acceptors (Lipinski definition) is 8. The van der Waals surface area contributed by atoms with Gasteiger partial charge in [-0.25, -0.2) is 0 Å². The number of para-hydroxylation sites is 1. The van der Waals surface area contributed by atoms with E-state index < -0.39 is 16.9 Å². The van der Waals surface area contributed by atoms with Crippen LogP contribution in [-0.2, 0) is 20.1 Å². The average molecular weight is 436 g/mol. The number of nitrogens with one attached hydrogen (secondary N) is 1. The minimum absolute atomic E-state index is 0.112. The summed E-state index contributed by atoms with van der Waals surface area (Å²) in [7, 11) is 0. The van der Waals surface area contributed by atoms with Gasteiger partial charge in [-0.15, -0.1) is 11.8 Å². The predicted molar refractivity (Wildman–Crippen MR) is 112 cm³/mol. The molecule has 1 aromatic carbocycles. The second kappa shape index (κ2) is 10.8. The third-order valence-electron chi connectivity index (χ3n) is 4.24. The molecule has 0 spiro atoms. The number of amides is 1. The van der Waals surface area contributed by atoms with Crippen molar-refractivity contribution >= 4 is 29.3 Å². The zero-order chi connectivity index (χ0) is 22.3. The molecule has 2 rings (SSSR count). The lowest BCUT2D eigenvalue weighted by Gasteiger charge is -2.19. The summed E-state index contributed by atoms with van der Waals surface area (Å²) in [5.74, 6) is 0.472. The molecule has 0 fully saturated rings. The summed E-state index contributed by atoms with van der Waals surface area (Å²) >= 11 is 1.36. The molecule has 0 saturated heterocycles. The second-order valence-corrected chi connectivity index (χ2v) is 7.96. The van der Waals surface area contributed by atoms with E-state index in [4.69, 9.17) is 9.26 Å². The Morgan fingerprint density at radius 3 is 2.60 bits per heavy atom. The van der Waals surface area contributed by atoms with Crippen molar-refractivity contribution in [3.8, 4) is 0 Å². The van der Waals surface area contributed by atoms with Gasteiger partial charge in [0.2, 0.25) is 5.91 Å². The average Bonchev–Trinajstić information content (AvgIpc) is 2.98. The van der Waals surface area contributed by atoms with Gasteiger partial charge in [-0.2, -0.15) is 0 Å². The molecule has 2 aromatic rings. The molecule has 30 heavy (non-hydrogen) atoms. The summed E-state index contributed by atoms with van der Waals surface area (Å²) in [5, 5.41) is 18.0. The fourth-order valence-electron chi connectivity index (χ4n) is 2.85. The van der Waals surface area contributed by atoms with Crippen LogP contribution in [0.3, 0.4) is 0 Å². The van der Waals surface area contributed by atoms with Gasteiger partial charge in [0, 0.05) is 17.4 Å².